The average molecular weight is 375 g/mol. The Bertz CT molecular complexity index is 924. The fourth-order valence-corrected chi connectivity index (χ4v) is 3.67. The fourth-order valence-electron chi connectivity index (χ4n) is 3.67. The third-order valence-corrected chi connectivity index (χ3v) is 5.07. The van der Waals surface area contributed by atoms with Crippen LogP contribution in [0.3, 0.4) is 0 Å². The van der Waals surface area contributed by atoms with E-state index in [4.69, 9.17) is 4.74 Å². The third-order valence-electron chi connectivity index (χ3n) is 5.07. The van der Waals surface area contributed by atoms with E-state index in [-0.39, 0.29) is 12.0 Å². The van der Waals surface area contributed by atoms with Gasteiger partial charge in [-0.15, -0.1) is 0 Å². The molecule has 5 heteroatoms. The van der Waals surface area contributed by atoms with Gasteiger partial charge in [-0.05, 0) is 24.1 Å². The highest BCUT2D eigenvalue weighted by Gasteiger charge is 2.20. The van der Waals surface area contributed by atoms with Crippen molar-refractivity contribution in [2.45, 2.75) is 19.1 Å². The molecular weight excluding hydrogens is 350 g/mol. The molecule has 1 saturated heterocycles. The number of nitrogens with one attached hydrogen (secondary N) is 1. The molecule has 5 nitrogen and oxygen atoms in total. The second-order valence-electron chi connectivity index (χ2n) is 7.15. The van der Waals surface area contributed by atoms with Gasteiger partial charge in [0.2, 0.25) is 0 Å². The summed E-state index contributed by atoms with van der Waals surface area (Å²) in [5.74, 6) is -0.0824. The molecule has 1 fully saturated rings. The van der Waals surface area contributed by atoms with Crippen LogP contribution in [0.5, 0.6) is 0 Å². The molecular formula is C23H25N3O2. The van der Waals surface area contributed by atoms with Gasteiger partial charge in [-0.3, -0.25) is 14.7 Å². The van der Waals surface area contributed by atoms with Crippen LogP contribution in [0.15, 0.2) is 66.9 Å². The number of carbonyl (C=O) groups is 1. The number of nitrogens with zero attached hydrogens (tertiary/aromatic N) is 2. The molecule has 2 aromatic carbocycles. The summed E-state index contributed by atoms with van der Waals surface area (Å²) in [6.07, 6.45) is 2.68. The number of aromatic nitrogens is 1. The summed E-state index contributed by atoms with van der Waals surface area (Å²) in [5.41, 5.74) is 2.78. The van der Waals surface area contributed by atoms with Crippen molar-refractivity contribution in [1.82, 2.24) is 15.2 Å². The van der Waals surface area contributed by atoms with E-state index in [0.29, 0.717) is 12.1 Å². The summed E-state index contributed by atoms with van der Waals surface area (Å²) in [6.45, 7) is 3.95. The number of pyridine rings is 1. The highest BCUT2D eigenvalue weighted by Crippen LogP contribution is 2.16. The first kappa shape index (κ1) is 18.6. The van der Waals surface area contributed by atoms with Crippen LogP contribution in [0.4, 0.5) is 0 Å². The van der Waals surface area contributed by atoms with Gasteiger partial charge in [0.05, 0.1) is 17.2 Å². The quantitative estimate of drug-likeness (QED) is 0.744. The van der Waals surface area contributed by atoms with E-state index in [2.05, 4.69) is 39.5 Å². The van der Waals surface area contributed by atoms with Crippen LogP contribution in [0.1, 0.15) is 22.3 Å². The van der Waals surface area contributed by atoms with Gasteiger partial charge in [0.15, 0.2) is 0 Å². The second-order valence-corrected chi connectivity index (χ2v) is 7.15. The van der Waals surface area contributed by atoms with Gasteiger partial charge in [0.1, 0.15) is 0 Å². The normalized spacial score (nSPS) is 17.9. The number of rotatable bonds is 5. The Balaban J connectivity index is 1.38. The molecule has 3 aromatic rings. The minimum Gasteiger partial charge on any atom is -0.375 e. The second kappa shape index (κ2) is 8.95. The van der Waals surface area contributed by atoms with E-state index in [9.17, 15) is 4.79 Å². The van der Waals surface area contributed by atoms with Gasteiger partial charge in [0, 0.05) is 44.4 Å². The molecule has 1 unspecified atom stereocenters. The molecule has 1 N–H and O–H groups in total. The molecule has 1 atom stereocenters. The summed E-state index contributed by atoms with van der Waals surface area (Å²) in [4.78, 5) is 19.5. The highest BCUT2D eigenvalue weighted by molar-refractivity contribution is 6.05. The summed E-state index contributed by atoms with van der Waals surface area (Å²) < 4.78 is 5.98. The van der Waals surface area contributed by atoms with Crippen LogP contribution >= 0.6 is 0 Å². The van der Waals surface area contributed by atoms with Gasteiger partial charge in [-0.1, -0.05) is 48.5 Å². The van der Waals surface area contributed by atoms with Crippen molar-refractivity contribution in [3.63, 3.8) is 0 Å². The van der Waals surface area contributed by atoms with E-state index in [1.807, 2.05) is 30.3 Å². The minimum atomic E-state index is -0.0824. The van der Waals surface area contributed by atoms with Crippen molar-refractivity contribution in [3.05, 3.63) is 78.0 Å². The molecule has 4 rings (SSSR count). The van der Waals surface area contributed by atoms with Crippen molar-refractivity contribution < 1.29 is 9.53 Å². The van der Waals surface area contributed by atoms with Crippen molar-refractivity contribution in [2.24, 2.45) is 0 Å². The van der Waals surface area contributed by atoms with Crippen molar-refractivity contribution in [3.8, 4) is 0 Å². The number of amides is 1. The molecule has 0 spiro atoms. The van der Waals surface area contributed by atoms with Crippen LogP contribution in [0, 0.1) is 0 Å². The van der Waals surface area contributed by atoms with Crippen molar-refractivity contribution >= 4 is 16.8 Å². The minimum absolute atomic E-state index is 0.0109. The van der Waals surface area contributed by atoms with E-state index in [1.54, 1.807) is 12.3 Å². The molecule has 1 aliphatic rings. The fraction of sp³-hybridized carbons (Fsp3) is 0.304. The zero-order valence-electron chi connectivity index (χ0n) is 15.9. The molecule has 1 amide bonds. The lowest BCUT2D eigenvalue weighted by atomic mass is 10.1. The summed E-state index contributed by atoms with van der Waals surface area (Å²) in [7, 11) is 0. The average Bonchev–Trinajstić information content (AvgIpc) is 2.97. The molecule has 144 valence electrons. The van der Waals surface area contributed by atoms with Gasteiger partial charge in [-0.25, -0.2) is 0 Å². The highest BCUT2D eigenvalue weighted by atomic mass is 16.5. The lowest BCUT2D eigenvalue weighted by molar-refractivity contribution is 0.0511. The number of ether oxygens (including phenoxy) is 1. The number of hydrogen-bond acceptors (Lipinski definition) is 4. The molecule has 0 radical (unpaired) electrons. The molecule has 28 heavy (non-hydrogen) atoms. The van der Waals surface area contributed by atoms with Crippen molar-refractivity contribution in [2.75, 3.05) is 26.2 Å². The number of carbonyl (C=O) groups excluding carboxylic acids is 1. The van der Waals surface area contributed by atoms with Gasteiger partial charge in [-0.2, -0.15) is 0 Å². The molecule has 0 saturated carbocycles. The molecule has 1 aromatic heterocycles. The van der Waals surface area contributed by atoms with E-state index >= 15 is 0 Å². The Hall–Kier alpha value is -2.76. The number of benzene rings is 2. The number of fused-ring (bicyclic) bond motifs is 1. The van der Waals surface area contributed by atoms with Gasteiger partial charge in [0.25, 0.3) is 5.91 Å². The maximum absolute atomic E-state index is 12.8. The predicted octanol–water partition coefficient (Wildman–Crippen LogP) is 3.26. The smallest absolute Gasteiger partial charge is 0.252 e. The molecule has 2 heterocycles. The van der Waals surface area contributed by atoms with Crippen LogP contribution in [0.25, 0.3) is 10.9 Å². The maximum Gasteiger partial charge on any atom is 0.252 e. The topological polar surface area (TPSA) is 54.5 Å². The summed E-state index contributed by atoms with van der Waals surface area (Å²) >= 11 is 0. The van der Waals surface area contributed by atoms with Gasteiger partial charge < -0.3 is 10.1 Å². The predicted molar refractivity (Wildman–Crippen MR) is 110 cm³/mol. The monoisotopic (exact) mass is 375 g/mol. The standard InChI is InChI=1S/C23H25N3O2/c27-23(21-11-12-24-22-10-5-4-9-20(21)22)25-15-19-17-26(13-6-14-28-19)16-18-7-2-1-3-8-18/h1-5,7-12,19H,6,13-17H2,(H,25,27). The third kappa shape index (κ3) is 4.55. The molecule has 0 bridgehead atoms. The van der Waals surface area contributed by atoms with Gasteiger partial charge >= 0.3 is 0 Å². The number of para-hydroxylation sites is 1. The van der Waals surface area contributed by atoms with E-state index in [1.165, 1.54) is 5.56 Å². The number of hydrogen-bond donors (Lipinski definition) is 1. The van der Waals surface area contributed by atoms with E-state index in [0.717, 1.165) is 43.6 Å². The zero-order chi connectivity index (χ0) is 19.2. The lowest BCUT2D eigenvalue weighted by Gasteiger charge is -2.24. The first-order chi connectivity index (χ1) is 13.8. The summed E-state index contributed by atoms with van der Waals surface area (Å²) in [6, 6.07) is 20.0. The summed E-state index contributed by atoms with van der Waals surface area (Å²) in [5, 5.41) is 3.92. The lowest BCUT2D eigenvalue weighted by Crippen LogP contribution is -2.40. The Labute approximate surface area is 165 Å². The Morgan fingerprint density at radius 1 is 1.11 bits per heavy atom. The first-order valence-corrected chi connectivity index (χ1v) is 9.79. The Morgan fingerprint density at radius 3 is 2.82 bits per heavy atom. The molecule has 1 aliphatic heterocycles. The largest absolute Gasteiger partial charge is 0.375 e. The van der Waals surface area contributed by atoms with Crippen LogP contribution in [0.2, 0.25) is 0 Å². The SMILES string of the molecule is O=C(NCC1CN(Cc2ccccc2)CCCO1)c1ccnc2ccccc12. The van der Waals surface area contributed by atoms with E-state index < -0.39 is 0 Å². The van der Waals surface area contributed by atoms with Crippen LogP contribution in [-0.4, -0.2) is 48.1 Å². The van der Waals surface area contributed by atoms with Crippen molar-refractivity contribution in [1.29, 1.82) is 0 Å². The Kier molecular flexibility index (Phi) is 5.95. The van der Waals surface area contributed by atoms with Crippen LogP contribution < -0.4 is 5.32 Å². The zero-order valence-corrected chi connectivity index (χ0v) is 15.9. The van der Waals surface area contributed by atoms with Crippen LogP contribution in [-0.2, 0) is 11.3 Å². The molecule has 0 aliphatic carbocycles. The Morgan fingerprint density at radius 2 is 1.93 bits per heavy atom. The maximum atomic E-state index is 12.8. The first-order valence-electron chi connectivity index (χ1n) is 9.79.